The number of carbonyl (C=O) groups is 2. The van der Waals surface area contributed by atoms with Crippen molar-refractivity contribution in [3.63, 3.8) is 0 Å². The number of carbonyl (C=O) groups excluding carboxylic acids is 2. The molecule has 0 aromatic heterocycles. The Labute approximate surface area is 160 Å². The van der Waals surface area contributed by atoms with E-state index in [1.165, 1.54) is 4.90 Å². The molecule has 1 N–H and O–H groups in total. The molecular formula is C20H29N5O2. The molecule has 146 valence electrons. The van der Waals surface area contributed by atoms with Crippen LogP contribution >= 0.6 is 0 Å². The monoisotopic (exact) mass is 371 g/mol. The molecule has 3 heterocycles. The summed E-state index contributed by atoms with van der Waals surface area (Å²) in [4.78, 5) is 33.7. The van der Waals surface area contributed by atoms with E-state index in [2.05, 4.69) is 41.1 Å². The van der Waals surface area contributed by atoms with Gasteiger partial charge in [0.2, 0.25) is 0 Å². The third kappa shape index (κ3) is 2.99. The van der Waals surface area contributed by atoms with Crippen LogP contribution in [0.1, 0.15) is 26.7 Å². The fourth-order valence-electron chi connectivity index (χ4n) is 4.56. The number of benzene rings is 1. The van der Waals surface area contributed by atoms with Gasteiger partial charge in [-0.3, -0.25) is 19.9 Å². The second kappa shape index (κ2) is 7.13. The van der Waals surface area contributed by atoms with Crippen molar-refractivity contribution in [2.24, 2.45) is 5.92 Å². The molecule has 3 saturated heterocycles. The zero-order valence-electron chi connectivity index (χ0n) is 16.3. The first-order valence-corrected chi connectivity index (χ1v) is 9.94. The molecule has 7 heteroatoms. The lowest BCUT2D eigenvalue weighted by Crippen LogP contribution is -2.66. The van der Waals surface area contributed by atoms with Crippen molar-refractivity contribution in [2.75, 3.05) is 31.6 Å². The SMILES string of the molecule is CCCCN1C(=O)C2C(NC3N(c4ccccc4)CC(C)CN23)N(C)C1=O. The zero-order valence-corrected chi connectivity index (χ0v) is 16.3. The average Bonchev–Trinajstić information content (AvgIpc) is 3.06. The highest BCUT2D eigenvalue weighted by molar-refractivity contribution is 6.00. The van der Waals surface area contributed by atoms with E-state index in [1.54, 1.807) is 11.9 Å². The Morgan fingerprint density at radius 1 is 1.15 bits per heavy atom. The molecule has 0 spiro atoms. The average molecular weight is 371 g/mol. The lowest BCUT2D eigenvalue weighted by molar-refractivity contribution is -0.138. The molecule has 0 bridgehead atoms. The molecule has 4 unspecified atom stereocenters. The van der Waals surface area contributed by atoms with E-state index in [0.29, 0.717) is 12.5 Å². The smallest absolute Gasteiger partial charge is 0.327 e. The Bertz CT molecular complexity index is 712. The summed E-state index contributed by atoms with van der Waals surface area (Å²) in [6, 6.07) is 9.76. The van der Waals surface area contributed by atoms with E-state index in [0.717, 1.165) is 31.6 Å². The van der Waals surface area contributed by atoms with Crippen LogP contribution in [0.15, 0.2) is 30.3 Å². The lowest BCUT2D eigenvalue weighted by Gasteiger charge is -2.46. The molecule has 0 radical (unpaired) electrons. The molecule has 4 atom stereocenters. The van der Waals surface area contributed by atoms with Crippen LogP contribution in [0.3, 0.4) is 0 Å². The highest BCUT2D eigenvalue weighted by atomic mass is 16.2. The van der Waals surface area contributed by atoms with Gasteiger partial charge in [0.05, 0.1) is 0 Å². The van der Waals surface area contributed by atoms with Crippen LogP contribution in [0.4, 0.5) is 10.5 Å². The van der Waals surface area contributed by atoms with E-state index >= 15 is 0 Å². The van der Waals surface area contributed by atoms with E-state index in [-0.39, 0.29) is 30.4 Å². The Balaban J connectivity index is 1.65. The largest absolute Gasteiger partial charge is 0.343 e. The number of unbranched alkanes of at least 4 members (excludes halogenated alkanes) is 1. The predicted octanol–water partition coefficient (Wildman–Crippen LogP) is 1.72. The minimum Gasteiger partial charge on any atom is -0.343 e. The van der Waals surface area contributed by atoms with Crippen molar-refractivity contribution < 1.29 is 9.59 Å². The van der Waals surface area contributed by atoms with Crippen LogP contribution in [-0.4, -0.2) is 71.8 Å². The van der Waals surface area contributed by atoms with E-state index < -0.39 is 0 Å². The number of likely N-dealkylation sites (N-methyl/N-ethyl adjacent to an activating group) is 1. The summed E-state index contributed by atoms with van der Waals surface area (Å²) in [5, 5.41) is 3.56. The highest BCUT2D eigenvalue weighted by Gasteiger charge is 2.56. The van der Waals surface area contributed by atoms with Crippen molar-refractivity contribution in [3.05, 3.63) is 30.3 Å². The second-order valence-corrected chi connectivity index (χ2v) is 7.96. The number of nitrogens with one attached hydrogen (secondary N) is 1. The van der Waals surface area contributed by atoms with Gasteiger partial charge in [-0.05, 0) is 24.5 Å². The number of fused-ring (bicyclic) bond motifs is 3. The number of amides is 3. The Hall–Kier alpha value is -2.12. The number of imide groups is 1. The third-order valence-corrected chi connectivity index (χ3v) is 5.91. The van der Waals surface area contributed by atoms with Gasteiger partial charge >= 0.3 is 6.03 Å². The first-order chi connectivity index (χ1) is 13.0. The van der Waals surface area contributed by atoms with Crippen molar-refractivity contribution in [2.45, 2.75) is 45.2 Å². The van der Waals surface area contributed by atoms with Gasteiger partial charge in [0, 0.05) is 32.4 Å². The summed E-state index contributed by atoms with van der Waals surface area (Å²) >= 11 is 0. The van der Waals surface area contributed by atoms with E-state index in [1.807, 2.05) is 18.2 Å². The van der Waals surface area contributed by atoms with Crippen LogP contribution < -0.4 is 10.2 Å². The molecule has 0 aliphatic carbocycles. The van der Waals surface area contributed by atoms with Crippen molar-refractivity contribution >= 4 is 17.6 Å². The normalized spacial score (nSPS) is 31.3. The molecule has 7 nitrogen and oxygen atoms in total. The molecule has 0 saturated carbocycles. The highest BCUT2D eigenvalue weighted by Crippen LogP contribution is 2.34. The molecule has 3 aliphatic heterocycles. The molecule has 4 rings (SSSR count). The fraction of sp³-hybridized carbons (Fsp3) is 0.600. The summed E-state index contributed by atoms with van der Waals surface area (Å²) in [6.45, 7) is 6.55. The number of anilines is 1. The minimum atomic E-state index is -0.330. The Morgan fingerprint density at radius 3 is 2.59 bits per heavy atom. The summed E-state index contributed by atoms with van der Waals surface area (Å²) in [5.41, 5.74) is 1.13. The van der Waals surface area contributed by atoms with Crippen LogP contribution in [0.25, 0.3) is 0 Å². The topological polar surface area (TPSA) is 59.1 Å². The Morgan fingerprint density at radius 2 is 1.89 bits per heavy atom. The molecular weight excluding hydrogens is 342 g/mol. The van der Waals surface area contributed by atoms with Gasteiger partial charge in [0.25, 0.3) is 5.91 Å². The Kier molecular flexibility index (Phi) is 4.82. The summed E-state index contributed by atoms with van der Waals surface area (Å²) in [6.07, 6.45) is 1.43. The fourth-order valence-corrected chi connectivity index (χ4v) is 4.56. The summed E-state index contributed by atoms with van der Waals surface area (Å²) < 4.78 is 0. The maximum atomic E-state index is 13.3. The zero-order chi connectivity index (χ0) is 19.1. The second-order valence-electron chi connectivity index (χ2n) is 7.96. The molecule has 3 aliphatic rings. The molecule has 3 amide bonds. The maximum absolute atomic E-state index is 13.3. The van der Waals surface area contributed by atoms with Crippen LogP contribution in [0.5, 0.6) is 0 Å². The number of urea groups is 1. The number of nitrogens with zero attached hydrogens (tertiary/aromatic N) is 4. The predicted molar refractivity (Wildman–Crippen MR) is 104 cm³/mol. The van der Waals surface area contributed by atoms with Crippen LogP contribution in [-0.2, 0) is 4.79 Å². The van der Waals surface area contributed by atoms with Gasteiger partial charge in [-0.15, -0.1) is 0 Å². The molecule has 3 fully saturated rings. The number of hydrogen-bond acceptors (Lipinski definition) is 5. The van der Waals surface area contributed by atoms with E-state index in [9.17, 15) is 9.59 Å². The first-order valence-electron chi connectivity index (χ1n) is 9.94. The van der Waals surface area contributed by atoms with Crippen LogP contribution in [0, 0.1) is 5.92 Å². The maximum Gasteiger partial charge on any atom is 0.327 e. The summed E-state index contributed by atoms with van der Waals surface area (Å²) in [7, 11) is 1.80. The van der Waals surface area contributed by atoms with Gasteiger partial charge in [-0.25, -0.2) is 4.79 Å². The minimum absolute atomic E-state index is 0.0614. The number of rotatable bonds is 4. The standard InChI is InChI=1S/C20H29N5O2/c1-4-5-11-23-18(26)16-17(22(3)20(23)27)21-19-24(12-14(2)13-25(16)19)15-9-7-6-8-10-15/h6-10,14,16-17,19,21H,4-5,11-13H2,1-3H3. The van der Waals surface area contributed by atoms with Crippen molar-refractivity contribution in [3.8, 4) is 0 Å². The van der Waals surface area contributed by atoms with Gasteiger partial charge in [0.15, 0.2) is 0 Å². The van der Waals surface area contributed by atoms with Crippen LogP contribution in [0.2, 0.25) is 0 Å². The molecule has 27 heavy (non-hydrogen) atoms. The molecule has 1 aromatic rings. The van der Waals surface area contributed by atoms with Crippen molar-refractivity contribution in [1.29, 1.82) is 0 Å². The van der Waals surface area contributed by atoms with Gasteiger partial charge in [-0.1, -0.05) is 38.5 Å². The quantitative estimate of drug-likeness (QED) is 0.873. The first kappa shape index (κ1) is 18.3. The van der Waals surface area contributed by atoms with Gasteiger partial charge in [-0.2, -0.15) is 0 Å². The van der Waals surface area contributed by atoms with Gasteiger partial charge < -0.3 is 9.80 Å². The number of para-hydroxylation sites is 1. The molecule has 1 aromatic carbocycles. The number of hydrogen-bond donors (Lipinski definition) is 1. The van der Waals surface area contributed by atoms with Gasteiger partial charge in [0.1, 0.15) is 18.5 Å². The third-order valence-electron chi connectivity index (χ3n) is 5.91. The lowest BCUT2D eigenvalue weighted by atomic mass is 10.0. The van der Waals surface area contributed by atoms with E-state index in [4.69, 9.17) is 0 Å². The summed E-state index contributed by atoms with van der Waals surface area (Å²) in [5.74, 6) is 0.371. The van der Waals surface area contributed by atoms with Crippen molar-refractivity contribution in [1.82, 2.24) is 20.0 Å².